The lowest BCUT2D eigenvalue weighted by Crippen LogP contribution is -2.15. The summed E-state index contributed by atoms with van der Waals surface area (Å²) in [5.74, 6) is 2.49. The third-order valence-electron chi connectivity index (χ3n) is 2.83. The van der Waals surface area contributed by atoms with Crippen molar-refractivity contribution in [3.63, 3.8) is 0 Å². The van der Waals surface area contributed by atoms with Gasteiger partial charge in [-0.05, 0) is 19.1 Å². The molecule has 2 heterocycles. The standard InChI is InChI=1S/C14H12N4O2/c1-9-16-8-10(7-15)14(17-9)18-11-2-3-12-13(6-11)20-5-4-19-12/h2-3,6,8H,4-5H2,1H3,(H,16,17,18). The van der Waals surface area contributed by atoms with E-state index in [1.165, 1.54) is 6.20 Å². The number of hydrogen-bond acceptors (Lipinski definition) is 6. The molecular formula is C14H12N4O2. The van der Waals surface area contributed by atoms with E-state index in [0.717, 1.165) is 11.4 Å². The van der Waals surface area contributed by atoms with Crippen molar-refractivity contribution < 1.29 is 9.47 Å². The molecule has 0 saturated heterocycles. The first-order valence-electron chi connectivity index (χ1n) is 6.16. The zero-order chi connectivity index (χ0) is 13.9. The van der Waals surface area contributed by atoms with E-state index < -0.39 is 0 Å². The van der Waals surface area contributed by atoms with Gasteiger partial charge >= 0.3 is 0 Å². The Balaban J connectivity index is 1.92. The highest BCUT2D eigenvalue weighted by atomic mass is 16.6. The van der Waals surface area contributed by atoms with Crippen molar-refractivity contribution in [1.29, 1.82) is 5.26 Å². The van der Waals surface area contributed by atoms with E-state index >= 15 is 0 Å². The number of rotatable bonds is 2. The second-order valence-electron chi connectivity index (χ2n) is 4.27. The van der Waals surface area contributed by atoms with Crippen LogP contribution in [0.1, 0.15) is 11.4 Å². The maximum Gasteiger partial charge on any atom is 0.163 e. The fraction of sp³-hybridized carbons (Fsp3) is 0.214. The number of aryl methyl sites for hydroxylation is 1. The summed E-state index contributed by atoms with van der Waals surface area (Å²) in [7, 11) is 0. The smallest absolute Gasteiger partial charge is 0.163 e. The second-order valence-corrected chi connectivity index (χ2v) is 4.27. The third kappa shape index (κ3) is 2.34. The zero-order valence-corrected chi connectivity index (χ0v) is 10.9. The minimum atomic E-state index is 0.394. The van der Waals surface area contributed by atoms with Crippen LogP contribution in [0, 0.1) is 18.3 Å². The van der Waals surface area contributed by atoms with Gasteiger partial charge in [-0.3, -0.25) is 0 Å². The quantitative estimate of drug-likeness (QED) is 0.899. The fourth-order valence-corrected chi connectivity index (χ4v) is 1.90. The van der Waals surface area contributed by atoms with Crippen LogP contribution in [0.5, 0.6) is 11.5 Å². The highest BCUT2D eigenvalue weighted by Crippen LogP contribution is 2.33. The lowest BCUT2D eigenvalue weighted by molar-refractivity contribution is 0.171. The summed E-state index contributed by atoms with van der Waals surface area (Å²) in [4.78, 5) is 8.24. The van der Waals surface area contributed by atoms with Crippen molar-refractivity contribution >= 4 is 11.5 Å². The average molecular weight is 268 g/mol. The van der Waals surface area contributed by atoms with Crippen LogP contribution in [0.2, 0.25) is 0 Å². The van der Waals surface area contributed by atoms with Crippen molar-refractivity contribution in [2.45, 2.75) is 6.92 Å². The van der Waals surface area contributed by atoms with Crippen LogP contribution < -0.4 is 14.8 Å². The molecule has 0 fully saturated rings. The van der Waals surface area contributed by atoms with Gasteiger partial charge in [0.2, 0.25) is 0 Å². The molecule has 1 aliphatic rings. The molecule has 1 aromatic carbocycles. The highest BCUT2D eigenvalue weighted by molar-refractivity contribution is 5.65. The van der Waals surface area contributed by atoms with Gasteiger partial charge in [0, 0.05) is 11.8 Å². The number of anilines is 2. The summed E-state index contributed by atoms with van der Waals surface area (Å²) in [6.07, 6.45) is 1.50. The van der Waals surface area contributed by atoms with Gasteiger partial charge in [0.05, 0.1) is 6.20 Å². The molecule has 0 atom stereocenters. The molecule has 1 aromatic heterocycles. The van der Waals surface area contributed by atoms with Gasteiger partial charge in [-0.25, -0.2) is 9.97 Å². The number of fused-ring (bicyclic) bond motifs is 1. The van der Waals surface area contributed by atoms with Crippen molar-refractivity contribution in [3.8, 4) is 17.6 Å². The summed E-state index contributed by atoms with van der Waals surface area (Å²) in [5.41, 5.74) is 1.18. The van der Waals surface area contributed by atoms with Gasteiger partial charge in [-0.15, -0.1) is 0 Å². The molecule has 0 saturated carbocycles. The summed E-state index contributed by atoms with van der Waals surface area (Å²) >= 11 is 0. The number of nitriles is 1. The van der Waals surface area contributed by atoms with Gasteiger partial charge in [-0.2, -0.15) is 5.26 Å². The van der Waals surface area contributed by atoms with E-state index in [0.29, 0.717) is 36.2 Å². The van der Waals surface area contributed by atoms with E-state index in [4.69, 9.17) is 14.7 Å². The van der Waals surface area contributed by atoms with Crippen molar-refractivity contribution in [3.05, 3.63) is 35.8 Å². The number of benzene rings is 1. The minimum absolute atomic E-state index is 0.394. The molecule has 6 heteroatoms. The summed E-state index contributed by atoms with van der Waals surface area (Å²) in [6, 6.07) is 7.57. The first-order valence-corrected chi connectivity index (χ1v) is 6.16. The Bertz CT molecular complexity index is 694. The Morgan fingerprint density at radius 3 is 2.85 bits per heavy atom. The summed E-state index contributed by atoms with van der Waals surface area (Å²) < 4.78 is 11.0. The number of nitrogens with one attached hydrogen (secondary N) is 1. The molecule has 0 radical (unpaired) electrons. The lowest BCUT2D eigenvalue weighted by atomic mass is 10.2. The molecule has 0 aliphatic carbocycles. The van der Waals surface area contributed by atoms with Gasteiger partial charge < -0.3 is 14.8 Å². The maximum atomic E-state index is 9.06. The van der Waals surface area contributed by atoms with Crippen LogP contribution in [-0.2, 0) is 0 Å². The van der Waals surface area contributed by atoms with Crippen molar-refractivity contribution in [1.82, 2.24) is 9.97 Å². The molecule has 1 aliphatic heterocycles. The monoisotopic (exact) mass is 268 g/mol. The molecule has 6 nitrogen and oxygen atoms in total. The lowest BCUT2D eigenvalue weighted by Gasteiger charge is -2.19. The van der Waals surface area contributed by atoms with Crippen LogP contribution in [0.15, 0.2) is 24.4 Å². The maximum absolute atomic E-state index is 9.06. The van der Waals surface area contributed by atoms with E-state index in [9.17, 15) is 0 Å². The van der Waals surface area contributed by atoms with Gasteiger partial charge in [0.15, 0.2) is 17.3 Å². The van der Waals surface area contributed by atoms with E-state index in [1.54, 1.807) is 6.92 Å². The molecule has 0 amide bonds. The normalized spacial score (nSPS) is 12.6. The van der Waals surface area contributed by atoms with Gasteiger partial charge in [-0.1, -0.05) is 0 Å². The Kier molecular flexibility index (Phi) is 3.09. The molecule has 3 rings (SSSR count). The predicted octanol–water partition coefficient (Wildman–Crippen LogP) is 2.17. The van der Waals surface area contributed by atoms with Crippen LogP contribution in [-0.4, -0.2) is 23.2 Å². The summed E-state index contributed by atoms with van der Waals surface area (Å²) in [5, 5.41) is 12.2. The van der Waals surface area contributed by atoms with E-state index in [2.05, 4.69) is 21.4 Å². The predicted molar refractivity (Wildman–Crippen MR) is 72.2 cm³/mol. The van der Waals surface area contributed by atoms with Crippen LogP contribution in [0.25, 0.3) is 0 Å². The topological polar surface area (TPSA) is 80.1 Å². The Morgan fingerprint density at radius 1 is 1.25 bits per heavy atom. The van der Waals surface area contributed by atoms with E-state index in [-0.39, 0.29) is 0 Å². The van der Waals surface area contributed by atoms with Gasteiger partial charge in [0.25, 0.3) is 0 Å². The number of hydrogen-bond donors (Lipinski definition) is 1. The molecule has 100 valence electrons. The average Bonchev–Trinajstić information content (AvgIpc) is 2.47. The Hall–Kier alpha value is -2.81. The first kappa shape index (κ1) is 12.2. The minimum Gasteiger partial charge on any atom is -0.486 e. The summed E-state index contributed by atoms with van der Waals surface area (Å²) in [6.45, 7) is 2.87. The van der Waals surface area contributed by atoms with Crippen molar-refractivity contribution in [2.75, 3.05) is 18.5 Å². The molecule has 0 spiro atoms. The fourth-order valence-electron chi connectivity index (χ4n) is 1.90. The highest BCUT2D eigenvalue weighted by Gasteiger charge is 2.13. The van der Waals surface area contributed by atoms with Crippen LogP contribution in [0.4, 0.5) is 11.5 Å². The molecule has 2 aromatic rings. The molecule has 0 unspecified atom stereocenters. The number of ether oxygens (including phenoxy) is 2. The Morgan fingerprint density at radius 2 is 2.05 bits per heavy atom. The van der Waals surface area contributed by atoms with Crippen LogP contribution >= 0.6 is 0 Å². The first-order chi connectivity index (χ1) is 9.76. The van der Waals surface area contributed by atoms with Gasteiger partial charge in [0.1, 0.15) is 30.7 Å². The number of nitrogens with zero attached hydrogens (tertiary/aromatic N) is 3. The molecule has 1 N–H and O–H groups in total. The van der Waals surface area contributed by atoms with Crippen molar-refractivity contribution in [2.24, 2.45) is 0 Å². The van der Waals surface area contributed by atoms with Crippen LogP contribution in [0.3, 0.4) is 0 Å². The molecular weight excluding hydrogens is 256 g/mol. The second kappa shape index (κ2) is 5.05. The third-order valence-corrected chi connectivity index (χ3v) is 2.83. The SMILES string of the molecule is Cc1ncc(C#N)c(Nc2ccc3c(c2)OCCO3)n1. The Labute approximate surface area is 116 Å². The molecule has 0 bridgehead atoms. The van der Waals surface area contributed by atoms with E-state index in [1.807, 2.05) is 18.2 Å². The number of aromatic nitrogens is 2. The zero-order valence-electron chi connectivity index (χ0n) is 10.9. The largest absolute Gasteiger partial charge is 0.486 e. The molecule has 20 heavy (non-hydrogen) atoms.